The molecular weight excluding hydrogens is 504 g/mol. The minimum Gasteiger partial charge on any atom is -0.350 e. The van der Waals surface area contributed by atoms with Gasteiger partial charge in [0.1, 0.15) is 28.8 Å². The van der Waals surface area contributed by atoms with Gasteiger partial charge in [-0.15, -0.1) is 10.2 Å². The van der Waals surface area contributed by atoms with Gasteiger partial charge in [-0.25, -0.2) is 18.4 Å². The van der Waals surface area contributed by atoms with Crippen LogP contribution in [0.25, 0.3) is 0 Å². The van der Waals surface area contributed by atoms with Crippen LogP contribution >= 0.6 is 0 Å². The lowest BCUT2D eigenvalue weighted by molar-refractivity contribution is -0.137. The zero-order chi connectivity index (χ0) is 27.0. The average Bonchev–Trinajstić information content (AvgIpc) is 3.25. The van der Waals surface area contributed by atoms with Crippen LogP contribution in [0.2, 0.25) is 0 Å². The van der Waals surface area contributed by atoms with Crippen molar-refractivity contribution in [1.82, 2.24) is 25.1 Å². The van der Waals surface area contributed by atoms with Gasteiger partial charge in [0.2, 0.25) is 5.91 Å². The van der Waals surface area contributed by atoms with E-state index in [-0.39, 0.29) is 29.2 Å². The van der Waals surface area contributed by atoms with E-state index in [0.29, 0.717) is 31.0 Å². The van der Waals surface area contributed by atoms with Crippen LogP contribution in [-0.2, 0) is 20.0 Å². The number of aromatic nitrogens is 4. The highest BCUT2D eigenvalue weighted by atomic mass is 32.2. The predicted molar refractivity (Wildman–Crippen MR) is 141 cm³/mol. The summed E-state index contributed by atoms with van der Waals surface area (Å²) >= 11 is 0. The molecule has 1 spiro atoms. The number of piperazine rings is 1. The molecular formula is C26H32N8O3S. The first kappa shape index (κ1) is 25.0. The molecule has 2 aromatic heterocycles. The lowest BCUT2D eigenvalue weighted by Crippen LogP contribution is -2.66. The minimum absolute atomic E-state index is 0.0522. The van der Waals surface area contributed by atoms with E-state index in [1.807, 2.05) is 19.9 Å². The maximum Gasteiger partial charge on any atom is 0.244 e. The van der Waals surface area contributed by atoms with E-state index in [0.717, 1.165) is 48.6 Å². The quantitative estimate of drug-likeness (QED) is 0.573. The summed E-state index contributed by atoms with van der Waals surface area (Å²) in [5.74, 6) is 2.16. The van der Waals surface area contributed by atoms with Crippen molar-refractivity contribution >= 4 is 33.2 Å². The first-order chi connectivity index (χ1) is 18.0. The number of fused-ring (bicyclic) bond motifs is 2. The molecule has 5 heterocycles. The second kappa shape index (κ2) is 8.33. The molecule has 11 nitrogen and oxygen atoms in total. The number of nitriles is 1. The van der Waals surface area contributed by atoms with Crippen molar-refractivity contribution < 1.29 is 13.2 Å². The van der Waals surface area contributed by atoms with Crippen molar-refractivity contribution in [2.75, 3.05) is 35.2 Å². The molecule has 0 radical (unpaired) electrons. The summed E-state index contributed by atoms with van der Waals surface area (Å²) in [6.45, 7) is 9.18. The largest absolute Gasteiger partial charge is 0.350 e. The number of hydrogen-bond acceptors (Lipinski definition) is 10. The normalized spacial score (nSPS) is 28.9. The minimum atomic E-state index is -3.40. The molecule has 3 atom stereocenters. The number of amides is 1. The van der Waals surface area contributed by atoms with E-state index >= 15 is 0 Å². The van der Waals surface area contributed by atoms with Crippen LogP contribution in [0.1, 0.15) is 63.3 Å². The second-order valence-electron chi connectivity index (χ2n) is 11.6. The Morgan fingerprint density at radius 1 is 1.11 bits per heavy atom. The Hall–Kier alpha value is -3.33. The van der Waals surface area contributed by atoms with Gasteiger partial charge in [0.25, 0.3) is 0 Å². The van der Waals surface area contributed by atoms with Gasteiger partial charge in [-0.3, -0.25) is 4.79 Å². The second-order valence-corrected chi connectivity index (χ2v) is 14.1. The van der Waals surface area contributed by atoms with Gasteiger partial charge in [-0.2, -0.15) is 5.26 Å². The van der Waals surface area contributed by atoms with Crippen molar-refractivity contribution in [1.29, 1.82) is 5.26 Å². The number of anilines is 3. The number of carbonyl (C=O) groups is 1. The molecule has 1 aliphatic carbocycles. The molecule has 0 N–H and O–H groups in total. The van der Waals surface area contributed by atoms with E-state index in [1.54, 1.807) is 18.2 Å². The summed E-state index contributed by atoms with van der Waals surface area (Å²) in [6.07, 6.45) is 5.14. The summed E-state index contributed by atoms with van der Waals surface area (Å²) in [4.78, 5) is 29.0. The van der Waals surface area contributed by atoms with Gasteiger partial charge in [-0.1, -0.05) is 6.42 Å². The fraction of sp³-hybridized carbons (Fsp3) is 0.615. The number of sulfone groups is 1. The standard InChI is InChI=1S/C26H32N8O3S/c1-16-10-20(31-30-19(16)11-27)34-14-26(6-5-7-26)21-22(28-15-29-23(21)34)32-12-18(3)33(13-17(32)2)24(35)25(4)8-9-38(25,36)37/h10,15,17-18H,5-9,12-14H2,1-4H3/t17-,18+,25?/m0/s1. The van der Waals surface area contributed by atoms with Crippen LogP contribution in [0.3, 0.4) is 0 Å². The van der Waals surface area contributed by atoms with Crippen LogP contribution < -0.4 is 9.80 Å². The predicted octanol–water partition coefficient (Wildman–Crippen LogP) is 2.02. The summed E-state index contributed by atoms with van der Waals surface area (Å²) in [6, 6.07) is 3.75. The Labute approximate surface area is 222 Å². The Kier molecular flexibility index (Phi) is 5.48. The number of rotatable bonds is 3. The molecule has 2 aromatic rings. The Morgan fingerprint density at radius 2 is 1.84 bits per heavy atom. The number of hydrogen-bond donors (Lipinski definition) is 0. The van der Waals surface area contributed by atoms with E-state index in [1.165, 1.54) is 0 Å². The van der Waals surface area contributed by atoms with Crippen molar-refractivity contribution in [3.63, 3.8) is 0 Å². The fourth-order valence-corrected chi connectivity index (χ4v) is 7.99. The summed E-state index contributed by atoms with van der Waals surface area (Å²) in [5.41, 5.74) is 2.11. The maximum atomic E-state index is 13.4. The SMILES string of the molecule is Cc1cc(N2CC3(CCC3)c3c2ncnc3N2C[C@@H](C)N(C(=O)C3(C)CCS3(=O)=O)C[C@@H]2C)nnc1C#N. The average molecular weight is 537 g/mol. The summed E-state index contributed by atoms with van der Waals surface area (Å²) in [7, 11) is -3.40. The molecule has 0 bridgehead atoms. The highest BCUT2D eigenvalue weighted by Gasteiger charge is 2.57. The van der Waals surface area contributed by atoms with Gasteiger partial charge in [0, 0.05) is 42.7 Å². The summed E-state index contributed by atoms with van der Waals surface area (Å²) < 4.78 is 23.6. The zero-order valence-electron chi connectivity index (χ0n) is 22.2. The van der Waals surface area contributed by atoms with Gasteiger partial charge < -0.3 is 14.7 Å². The molecule has 3 aliphatic heterocycles. The maximum absolute atomic E-state index is 13.4. The number of nitrogens with zero attached hydrogens (tertiary/aromatic N) is 8. The van der Waals surface area contributed by atoms with E-state index in [9.17, 15) is 18.5 Å². The lowest BCUT2D eigenvalue weighted by Gasteiger charge is -2.49. The van der Waals surface area contributed by atoms with Crippen LogP contribution in [-0.4, -0.2) is 81.6 Å². The van der Waals surface area contributed by atoms with Gasteiger partial charge >= 0.3 is 0 Å². The Bertz CT molecular complexity index is 1480. The van der Waals surface area contributed by atoms with Crippen LogP contribution in [0.4, 0.5) is 17.5 Å². The third-order valence-electron chi connectivity index (χ3n) is 9.22. The molecule has 1 amide bonds. The molecule has 4 aliphatic rings. The molecule has 0 aromatic carbocycles. The third kappa shape index (κ3) is 3.37. The molecule has 200 valence electrons. The van der Waals surface area contributed by atoms with Gasteiger partial charge in [-0.05, 0) is 58.6 Å². The van der Waals surface area contributed by atoms with Gasteiger partial charge in [0.15, 0.2) is 21.3 Å². The number of carbonyl (C=O) groups excluding carboxylic acids is 1. The fourth-order valence-electron chi connectivity index (χ4n) is 6.46. The number of aryl methyl sites for hydroxylation is 1. The Balaban J connectivity index is 1.34. The molecule has 1 unspecified atom stereocenters. The van der Waals surface area contributed by atoms with Crippen molar-refractivity contribution in [2.45, 2.75) is 75.6 Å². The molecule has 12 heteroatoms. The van der Waals surface area contributed by atoms with Crippen LogP contribution in [0.5, 0.6) is 0 Å². The lowest BCUT2D eigenvalue weighted by atomic mass is 9.66. The van der Waals surface area contributed by atoms with E-state index in [4.69, 9.17) is 9.97 Å². The summed E-state index contributed by atoms with van der Waals surface area (Å²) in [5, 5.41) is 17.8. The zero-order valence-corrected chi connectivity index (χ0v) is 23.0. The van der Waals surface area contributed by atoms with Crippen molar-refractivity contribution in [3.05, 3.63) is 29.2 Å². The Morgan fingerprint density at radius 3 is 2.42 bits per heavy atom. The van der Waals surface area contributed by atoms with E-state index < -0.39 is 14.6 Å². The topological polar surface area (TPSA) is 136 Å². The van der Waals surface area contributed by atoms with Gasteiger partial charge in [0.05, 0.1) is 5.75 Å². The molecule has 2 saturated heterocycles. The van der Waals surface area contributed by atoms with Crippen molar-refractivity contribution in [3.8, 4) is 6.07 Å². The van der Waals surface area contributed by atoms with E-state index in [2.05, 4.69) is 33.0 Å². The van der Waals surface area contributed by atoms with Crippen LogP contribution in [0, 0.1) is 18.3 Å². The third-order valence-corrected chi connectivity index (χ3v) is 11.7. The van der Waals surface area contributed by atoms with Crippen LogP contribution in [0.15, 0.2) is 12.4 Å². The molecule has 6 rings (SSSR count). The van der Waals surface area contributed by atoms with Crippen molar-refractivity contribution in [2.24, 2.45) is 0 Å². The molecule has 38 heavy (non-hydrogen) atoms. The smallest absolute Gasteiger partial charge is 0.244 e. The molecule has 3 fully saturated rings. The highest BCUT2D eigenvalue weighted by molar-refractivity contribution is 7.95. The highest BCUT2D eigenvalue weighted by Crippen LogP contribution is 2.56. The monoisotopic (exact) mass is 536 g/mol. The first-order valence-electron chi connectivity index (χ1n) is 13.2. The molecule has 1 saturated carbocycles. The first-order valence-corrected chi connectivity index (χ1v) is 14.8.